The number of nitrogens with one attached hydrogen (secondary N) is 1. The molecular weight excluding hydrogens is 335 g/mol. The van der Waals surface area contributed by atoms with Gasteiger partial charge in [-0.3, -0.25) is 4.72 Å². The van der Waals surface area contributed by atoms with Gasteiger partial charge >= 0.3 is 0 Å². The number of sulfonamides is 1. The van der Waals surface area contributed by atoms with Crippen molar-refractivity contribution in [2.45, 2.75) is 4.90 Å². The van der Waals surface area contributed by atoms with Crippen molar-refractivity contribution < 1.29 is 13.2 Å². The monoisotopic (exact) mass is 346 g/mol. The summed E-state index contributed by atoms with van der Waals surface area (Å²) in [6.07, 6.45) is 0. The molecule has 21 heavy (non-hydrogen) atoms. The van der Waals surface area contributed by atoms with Crippen molar-refractivity contribution in [2.24, 2.45) is 0 Å². The normalized spacial score (nSPS) is 11.2. The molecule has 3 N–H and O–H groups in total. The van der Waals surface area contributed by atoms with E-state index in [1.165, 1.54) is 43.5 Å². The maximum atomic E-state index is 12.3. The van der Waals surface area contributed by atoms with Crippen molar-refractivity contribution >= 4 is 44.6 Å². The fraction of sp³-hybridized carbons (Fsp3) is 0.0769. The molecular formula is C13H12Cl2N2O3S. The molecule has 0 spiro atoms. The molecule has 5 nitrogen and oxygen atoms in total. The van der Waals surface area contributed by atoms with Crippen molar-refractivity contribution in [2.75, 3.05) is 17.6 Å². The highest BCUT2D eigenvalue weighted by molar-refractivity contribution is 7.92. The van der Waals surface area contributed by atoms with E-state index in [-0.39, 0.29) is 15.6 Å². The minimum atomic E-state index is -3.78. The van der Waals surface area contributed by atoms with Gasteiger partial charge in [-0.05, 0) is 36.4 Å². The van der Waals surface area contributed by atoms with E-state index in [1.807, 2.05) is 0 Å². The van der Waals surface area contributed by atoms with E-state index in [0.29, 0.717) is 16.5 Å². The number of hydrogen-bond acceptors (Lipinski definition) is 4. The summed E-state index contributed by atoms with van der Waals surface area (Å²) in [6.45, 7) is 0. The van der Waals surface area contributed by atoms with E-state index >= 15 is 0 Å². The Kier molecular flexibility index (Phi) is 4.51. The standard InChI is InChI=1S/C13H12Cl2N2O3S/c1-20-13-5-3-9(7-12(13)16)21(18,19)17-8-2-4-10(14)11(15)6-8/h2-7,17H,16H2,1H3. The molecule has 0 heterocycles. The van der Waals surface area contributed by atoms with Crippen LogP contribution in [0.5, 0.6) is 5.75 Å². The molecule has 0 aromatic heterocycles. The predicted octanol–water partition coefficient (Wildman–Crippen LogP) is 3.39. The van der Waals surface area contributed by atoms with Gasteiger partial charge in [-0.15, -0.1) is 0 Å². The van der Waals surface area contributed by atoms with Gasteiger partial charge in [0, 0.05) is 0 Å². The number of rotatable bonds is 4. The third kappa shape index (κ3) is 3.53. The van der Waals surface area contributed by atoms with E-state index in [0.717, 1.165) is 0 Å². The average Bonchev–Trinajstić information content (AvgIpc) is 2.42. The number of nitrogen functional groups attached to an aromatic ring is 1. The number of nitrogens with two attached hydrogens (primary N) is 1. The molecule has 0 atom stereocenters. The van der Waals surface area contributed by atoms with Gasteiger partial charge in [-0.1, -0.05) is 23.2 Å². The maximum Gasteiger partial charge on any atom is 0.261 e. The molecule has 2 aromatic rings. The highest BCUT2D eigenvalue weighted by Crippen LogP contribution is 2.28. The largest absolute Gasteiger partial charge is 0.495 e. The van der Waals surface area contributed by atoms with Gasteiger partial charge in [0.15, 0.2) is 0 Å². The van der Waals surface area contributed by atoms with Crippen LogP contribution in [-0.2, 0) is 10.0 Å². The Morgan fingerprint density at radius 2 is 1.81 bits per heavy atom. The fourth-order valence-corrected chi connectivity index (χ4v) is 3.04. The first-order valence-corrected chi connectivity index (χ1v) is 7.99. The Balaban J connectivity index is 2.33. The highest BCUT2D eigenvalue weighted by atomic mass is 35.5. The molecule has 0 amide bonds. The molecule has 0 radical (unpaired) electrons. The summed E-state index contributed by atoms with van der Waals surface area (Å²) < 4.78 is 31.9. The minimum absolute atomic E-state index is 0.0203. The first kappa shape index (κ1) is 15.8. The quantitative estimate of drug-likeness (QED) is 0.831. The second-order valence-electron chi connectivity index (χ2n) is 4.14. The second-order valence-corrected chi connectivity index (χ2v) is 6.63. The van der Waals surface area contributed by atoms with Crippen LogP contribution in [0, 0.1) is 0 Å². The summed E-state index contributed by atoms with van der Waals surface area (Å²) >= 11 is 11.6. The van der Waals surface area contributed by atoms with Gasteiger partial charge in [-0.2, -0.15) is 0 Å². The van der Waals surface area contributed by atoms with E-state index in [9.17, 15) is 8.42 Å². The molecule has 0 aliphatic heterocycles. The Hall–Kier alpha value is -1.63. The number of ether oxygens (including phenoxy) is 1. The third-order valence-electron chi connectivity index (χ3n) is 2.68. The van der Waals surface area contributed by atoms with Gasteiger partial charge in [0.25, 0.3) is 10.0 Å². The van der Waals surface area contributed by atoms with Crippen molar-refractivity contribution in [1.29, 1.82) is 0 Å². The van der Waals surface area contributed by atoms with Crippen LogP contribution in [-0.4, -0.2) is 15.5 Å². The number of halogens is 2. The minimum Gasteiger partial charge on any atom is -0.495 e. The SMILES string of the molecule is COc1ccc(S(=O)(=O)Nc2ccc(Cl)c(Cl)c2)cc1N. The van der Waals surface area contributed by atoms with Crippen LogP contribution in [0.1, 0.15) is 0 Å². The van der Waals surface area contributed by atoms with Crippen molar-refractivity contribution in [1.82, 2.24) is 0 Å². The number of hydrogen-bond donors (Lipinski definition) is 2. The summed E-state index contributed by atoms with van der Waals surface area (Å²) in [5, 5.41) is 0.597. The highest BCUT2D eigenvalue weighted by Gasteiger charge is 2.16. The lowest BCUT2D eigenvalue weighted by atomic mass is 10.3. The zero-order valence-corrected chi connectivity index (χ0v) is 13.3. The molecule has 0 bridgehead atoms. The average molecular weight is 347 g/mol. The molecule has 0 aliphatic rings. The van der Waals surface area contributed by atoms with Crippen molar-refractivity contribution in [3.8, 4) is 5.75 Å². The molecule has 2 rings (SSSR count). The molecule has 0 saturated carbocycles. The van der Waals surface area contributed by atoms with Crippen LogP contribution in [0.25, 0.3) is 0 Å². The smallest absolute Gasteiger partial charge is 0.261 e. The van der Waals surface area contributed by atoms with Gasteiger partial charge < -0.3 is 10.5 Å². The summed E-state index contributed by atoms with van der Waals surface area (Å²) in [5.41, 5.74) is 6.25. The Bertz CT molecular complexity index is 779. The van der Waals surface area contributed by atoms with Crippen LogP contribution in [0.15, 0.2) is 41.3 Å². The van der Waals surface area contributed by atoms with Gasteiger partial charge in [0.05, 0.1) is 33.4 Å². The molecule has 0 aliphatic carbocycles. The van der Waals surface area contributed by atoms with E-state index in [4.69, 9.17) is 33.7 Å². The van der Waals surface area contributed by atoms with E-state index < -0.39 is 10.0 Å². The summed E-state index contributed by atoms with van der Waals surface area (Å²) in [7, 11) is -2.33. The summed E-state index contributed by atoms with van der Waals surface area (Å²) in [6, 6.07) is 8.64. The third-order valence-corrected chi connectivity index (χ3v) is 4.80. The van der Waals surface area contributed by atoms with Crippen LogP contribution in [0.2, 0.25) is 10.0 Å². The summed E-state index contributed by atoms with van der Waals surface area (Å²) in [4.78, 5) is 0.0203. The fourth-order valence-electron chi connectivity index (χ4n) is 1.65. The molecule has 2 aromatic carbocycles. The molecule has 0 saturated heterocycles. The molecule has 0 unspecified atom stereocenters. The van der Waals surface area contributed by atoms with Gasteiger partial charge in [-0.25, -0.2) is 8.42 Å². The Labute approximate surface area is 132 Å². The molecule has 0 fully saturated rings. The maximum absolute atomic E-state index is 12.3. The van der Waals surface area contributed by atoms with E-state index in [1.54, 1.807) is 0 Å². The number of benzene rings is 2. The number of anilines is 2. The lowest BCUT2D eigenvalue weighted by molar-refractivity contribution is 0.416. The Morgan fingerprint density at radius 1 is 1.10 bits per heavy atom. The van der Waals surface area contributed by atoms with Gasteiger partial charge in [0.2, 0.25) is 0 Å². The van der Waals surface area contributed by atoms with Crippen LogP contribution in [0.3, 0.4) is 0 Å². The number of methoxy groups -OCH3 is 1. The lowest BCUT2D eigenvalue weighted by Crippen LogP contribution is -2.13. The summed E-state index contributed by atoms with van der Waals surface area (Å²) in [5.74, 6) is 0.406. The van der Waals surface area contributed by atoms with Crippen molar-refractivity contribution in [3.63, 3.8) is 0 Å². The van der Waals surface area contributed by atoms with Crippen LogP contribution >= 0.6 is 23.2 Å². The van der Waals surface area contributed by atoms with Gasteiger partial charge in [0.1, 0.15) is 5.75 Å². The van der Waals surface area contributed by atoms with Crippen LogP contribution < -0.4 is 15.2 Å². The first-order chi connectivity index (χ1) is 9.83. The molecule has 8 heteroatoms. The topological polar surface area (TPSA) is 81.4 Å². The lowest BCUT2D eigenvalue weighted by Gasteiger charge is -2.11. The zero-order chi connectivity index (χ0) is 15.6. The van der Waals surface area contributed by atoms with Crippen LogP contribution in [0.4, 0.5) is 11.4 Å². The zero-order valence-electron chi connectivity index (χ0n) is 10.9. The molecule has 112 valence electrons. The van der Waals surface area contributed by atoms with Crippen molar-refractivity contribution in [3.05, 3.63) is 46.4 Å². The van der Waals surface area contributed by atoms with E-state index in [2.05, 4.69) is 4.72 Å². The second kappa shape index (κ2) is 6.01. The predicted molar refractivity (Wildman–Crippen MR) is 84.7 cm³/mol. The first-order valence-electron chi connectivity index (χ1n) is 5.75. The Morgan fingerprint density at radius 3 is 2.38 bits per heavy atom.